The van der Waals surface area contributed by atoms with Crippen LogP contribution in [0, 0.1) is 0 Å². The molecule has 2 aromatic rings. The van der Waals surface area contributed by atoms with Crippen LogP contribution in [0.2, 0.25) is 25.7 Å². The average molecular weight is 385 g/mol. The molecule has 0 spiro atoms. The lowest BCUT2D eigenvalue weighted by Gasteiger charge is -2.36. The van der Waals surface area contributed by atoms with E-state index in [-0.39, 0.29) is 11.9 Å². The van der Waals surface area contributed by atoms with Gasteiger partial charge in [0, 0.05) is 31.6 Å². The van der Waals surface area contributed by atoms with Crippen LogP contribution in [-0.2, 0) is 6.42 Å². The molecule has 2 saturated heterocycles. The summed E-state index contributed by atoms with van der Waals surface area (Å²) in [6, 6.07) is 9.16. The first kappa shape index (κ1) is 18.7. The van der Waals surface area contributed by atoms with Crippen LogP contribution in [0.5, 0.6) is 0 Å². The smallest absolute Gasteiger partial charge is 0.272 e. The van der Waals surface area contributed by atoms with Gasteiger partial charge < -0.3 is 10.2 Å². The standard InChI is InChI=1S/C21H32N4OSi/c1-25-16-6-7-17(25)13-15(12-16)22-21(26)20-18-11-14(9-10-27(2,3)4)5-8-19(18)23-24-20/h5,8,11,15-17H,6-7,9-10,12-13H2,1-4H3,(H,22,26)(H,23,24). The van der Waals surface area contributed by atoms with Gasteiger partial charge in [-0.2, -0.15) is 5.10 Å². The number of carbonyl (C=O) groups is 1. The Labute approximate surface area is 162 Å². The topological polar surface area (TPSA) is 61.0 Å². The first-order valence-corrected chi connectivity index (χ1v) is 14.0. The van der Waals surface area contributed by atoms with Crippen molar-refractivity contribution < 1.29 is 4.79 Å². The molecular weight excluding hydrogens is 352 g/mol. The summed E-state index contributed by atoms with van der Waals surface area (Å²) in [7, 11) is 1.15. The van der Waals surface area contributed by atoms with Crippen molar-refractivity contribution in [2.75, 3.05) is 7.05 Å². The number of hydrogen-bond donors (Lipinski definition) is 2. The Bertz CT molecular complexity index is 826. The minimum Gasteiger partial charge on any atom is -0.348 e. The van der Waals surface area contributed by atoms with E-state index in [0.29, 0.717) is 17.8 Å². The Morgan fingerprint density at radius 2 is 1.96 bits per heavy atom. The molecule has 3 heterocycles. The highest BCUT2D eigenvalue weighted by Gasteiger charge is 2.39. The first-order valence-electron chi connectivity index (χ1n) is 10.3. The van der Waals surface area contributed by atoms with Crippen molar-refractivity contribution in [3.63, 3.8) is 0 Å². The summed E-state index contributed by atoms with van der Waals surface area (Å²) < 4.78 is 0. The van der Waals surface area contributed by atoms with E-state index in [0.717, 1.165) is 30.2 Å². The van der Waals surface area contributed by atoms with Crippen molar-refractivity contribution in [1.29, 1.82) is 0 Å². The second-order valence-electron chi connectivity index (χ2n) is 9.71. The predicted molar refractivity (Wildman–Crippen MR) is 113 cm³/mol. The van der Waals surface area contributed by atoms with E-state index in [9.17, 15) is 4.79 Å². The van der Waals surface area contributed by atoms with Crippen molar-refractivity contribution in [1.82, 2.24) is 20.4 Å². The molecule has 5 nitrogen and oxygen atoms in total. The Kier molecular flexibility index (Phi) is 4.88. The number of benzene rings is 1. The molecule has 2 N–H and O–H groups in total. The average Bonchev–Trinajstić information content (AvgIpc) is 3.09. The molecule has 146 valence electrons. The molecule has 2 aliphatic rings. The maximum atomic E-state index is 12.9. The van der Waals surface area contributed by atoms with Crippen molar-refractivity contribution in [3.8, 4) is 0 Å². The van der Waals surface area contributed by atoms with E-state index in [1.54, 1.807) is 0 Å². The van der Waals surface area contributed by atoms with Gasteiger partial charge in [-0.15, -0.1) is 0 Å². The number of aryl methyl sites for hydroxylation is 1. The highest BCUT2D eigenvalue weighted by molar-refractivity contribution is 6.76. The van der Waals surface area contributed by atoms with Gasteiger partial charge in [0.2, 0.25) is 0 Å². The quantitative estimate of drug-likeness (QED) is 0.771. The molecule has 0 aliphatic carbocycles. The van der Waals surface area contributed by atoms with E-state index in [1.165, 1.54) is 24.4 Å². The van der Waals surface area contributed by atoms with Crippen molar-refractivity contribution in [2.45, 2.75) is 75.9 Å². The Morgan fingerprint density at radius 1 is 1.26 bits per heavy atom. The monoisotopic (exact) mass is 384 g/mol. The van der Waals surface area contributed by atoms with E-state index < -0.39 is 8.07 Å². The number of fused-ring (bicyclic) bond motifs is 3. The lowest BCUT2D eigenvalue weighted by atomic mass is 9.98. The number of nitrogens with one attached hydrogen (secondary N) is 2. The van der Waals surface area contributed by atoms with E-state index in [1.807, 2.05) is 0 Å². The largest absolute Gasteiger partial charge is 0.348 e. The molecular formula is C21H32N4OSi. The molecule has 1 amide bonds. The van der Waals surface area contributed by atoms with Crippen LogP contribution < -0.4 is 5.32 Å². The highest BCUT2D eigenvalue weighted by Crippen LogP contribution is 2.34. The number of amides is 1. The molecule has 4 rings (SSSR count). The van der Waals surface area contributed by atoms with Gasteiger partial charge >= 0.3 is 0 Å². The number of carbonyl (C=O) groups excluding carboxylic acids is 1. The van der Waals surface area contributed by atoms with Gasteiger partial charge in [0.1, 0.15) is 0 Å². The predicted octanol–water partition coefficient (Wildman–Crippen LogP) is 3.80. The van der Waals surface area contributed by atoms with Crippen LogP contribution in [0.15, 0.2) is 18.2 Å². The zero-order chi connectivity index (χ0) is 19.2. The molecule has 2 aliphatic heterocycles. The van der Waals surface area contributed by atoms with Crippen molar-refractivity contribution in [3.05, 3.63) is 29.5 Å². The zero-order valence-corrected chi connectivity index (χ0v) is 18.0. The Morgan fingerprint density at radius 3 is 2.63 bits per heavy atom. The minimum atomic E-state index is -1.08. The van der Waals surface area contributed by atoms with Gasteiger partial charge in [0.25, 0.3) is 5.91 Å². The highest BCUT2D eigenvalue weighted by atomic mass is 28.3. The third kappa shape index (κ3) is 3.97. The number of nitrogens with zero attached hydrogens (tertiary/aromatic N) is 2. The summed E-state index contributed by atoms with van der Waals surface area (Å²) in [5.74, 6) is -0.0300. The summed E-state index contributed by atoms with van der Waals surface area (Å²) in [5, 5.41) is 11.6. The molecule has 2 fully saturated rings. The number of hydrogen-bond acceptors (Lipinski definition) is 3. The van der Waals surface area contributed by atoms with Crippen molar-refractivity contribution in [2.24, 2.45) is 0 Å². The number of aromatic nitrogens is 2. The fraction of sp³-hybridized carbons (Fsp3) is 0.619. The molecule has 1 aromatic carbocycles. The van der Waals surface area contributed by atoms with Gasteiger partial charge in [-0.25, -0.2) is 0 Å². The van der Waals surface area contributed by atoms with E-state index in [4.69, 9.17) is 0 Å². The second kappa shape index (κ2) is 7.06. The lowest BCUT2D eigenvalue weighted by molar-refractivity contribution is 0.0879. The van der Waals surface area contributed by atoms with Crippen LogP contribution in [0.25, 0.3) is 10.9 Å². The maximum absolute atomic E-state index is 12.9. The molecule has 0 saturated carbocycles. The summed E-state index contributed by atoms with van der Waals surface area (Å²) in [6.45, 7) is 7.20. The number of H-pyrrole nitrogens is 1. The Hall–Kier alpha value is -1.66. The third-order valence-corrected chi connectivity index (χ3v) is 8.19. The normalized spacial score (nSPS) is 25.9. The van der Waals surface area contributed by atoms with Crippen LogP contribution in [0.1, 0.15) is 41.7 Å². The van der Waals surface area contributed by atoms with Gasteiger partial charge in [0.05, 0.1) is 5.52 Å². The molecule has 1 aromatic heterocycles. The van der Waals surface area contributed by atoms with Gasteiger partial charge in [-0.05, 0) is 56.8 Å². The molecule has 2 unspecified atom stereocenters. The van der Waals surface area contributed by atoms with E-state index in [2.05, 4.69) is 65.3 Å². The van der Waals surface area contributed by atoms with Crippen molar-refractivity contribution >= 4 is 24.9 Å². The third-order valence-electron chi connectivity index (χ3n) is 6.44. The molecule has 2 atom stereocenters. The fourth-order valence-corrected chi connectivity index (χ4v) is 5.73. The Balaban J connectivity index is 1.48. The van der Waals surface area contributed by atoms with E-state index >= 15 is 0 Å². The van der Waals surface area contributed by atoms with Crippen LogP contribution in [0.3, 0.4) is 0 Å². The second-order valence-corrected chi connectivity index (χ2v) is 15.3. The SMILES string of the molecule is CN1C2CCC1CC(NC(=O)c1n[nH]c3ccc(CC[Si](C)(C)C)cc13)C2. The summed E-state index contributed by atoms with van der Waals surface area (Å²) in [5.41, 5.74) is 2.80. The summed E-state index contributed by atoms with van der Waals surface area (Å²) in [6.07, 6.45) is 5.72. The molecule has 0 radical (unpaired) electrons. The maximum Gasteiger partial charge on any atom is 0.272 e. The van der Waals surface area contributed by atoms with Crippen LogP contribution >= 0.6 is 0 Å². The van der Waals surface area contributed by atoms with Gasteiger partial charge in [-0.3, -0.25) is 9.89 Å². The fourth-order valence-electron chi connectivity index (χ4n) is 4.69. The summed E-state index contributed by atoms with van der Waals surface area (Å²) >= 11 is 0. The number of rotatable bonds is 5. The summed E-state index contributed by atoms with van der Waals surface area (Å²) in [4.78, 5) is 15.4. The number of aromatic amines is 1. The van der Waals surface area contributed by atoms with Gasteiger partial charge in [0.15, 0.2) is 5.69 Å². The van der Waals surface area contributed by atoms with Crippen LogP contribution in [0.4, 0.5) is 0 Å². The first-order chi connectivity index (χ1) is 12.8. The molecule has 27 heavy (non-hydrogen) atoms. The number of piperidine rings is 1. The molecule has 2 bridgehead atoms. The molecule has 6 heteroatoms. The van der Waals surface area contributed by atoms with Crippen LogP contribution in [-0.4, -0.2) is 54.3 Å². The lowest BCUT2D eigenvalue weighted by Crippen LogP contribution is -2.48. The zero-order valence-electron chi connectivity index (χ0n) is 17.0. The minimum absolute atomic E-state index is 0.0300. The van der Waals surface area contributed by atoms with Gasteiger partial charge in [-0.1, -0.05) is 31.8 Å².